The number of aldehydes is 1. The summed E-state index contributed by atoms with van der Waals surface area (Å²) < 4.78 is 7.23. The van der Waals surface area contributed by atoms with Gasteiger partial charge in [-0.3, -0.25) is 15.0 Å². The third-order valence-corrected chi connectivity index (χ3v) is 8.41. The van der Waals surface area contributed by atoms with Gasteiger partial charge < -0.3 is 24.1 Å². The zero-order chi connectivity index (χ0) is 25.6. The van der Waals surface area contributed by atoms with E-state index in [1.54, 1.807) is 6.92 Å². The van der Waals surface area contributed by atoms with Gasteiger partial charge in [-0.25, -0.2) is 0 Å². The molecule has 8 nitrogen and oxygen atoms in total. The van der Waals surface area contributed by atoms with Crippen LogP contribution in [0, 0.1) is 17.2 Å². The number of aliphatic hydroxyl groups excluding tert-OH is 1. The molecule has 2 fully saturated rings. The molecule has 0 saturated carbocycles. The largest absolute Gasteiger partial charge is 0.489 e. The number of carbonyl (C=O) groups is 2. The van der Waals surface area contributed by atoms with Crippen LogP contribution in [0.15, 0.2) is 47.7 Å². The highest BCUT2D eigenvalue weighted by Crippen LogP contribution is 2.46. The van der Waals surface area contributed by atoms with Crippen LogP contribution in [-0.4, -0.2) is 89.9 Å². The van der Waals surface area contributed by atoms with Crippen molar-refractivity contribution in [2.45, 2.75) is 32.5 Å². The van der Waals surface area contributed by atoms with Gasteiger partial charge in [0, 0.05) is 16.9 Å². The molecule has 1 unspecified atom stereocenters. The summed E-state index contributed by atoms with van der Waals surface area (Å²) >= 11 is 0. The van der Waals surface area contributed by atoms with E-state index in [0.29, 0.717) is 5.70 Å². The zero-order valence-corrected chi connectivity index (χ0v) is 21.2. The van der Waals surface area contributed by atoms with Crippen molar-refractivity contribution < 1.29 is 23.9 Å². The molecular weight excluding hydrogens is 456 g/mol. The standard InChI is InChI=1S/C28H35N4O4/c1-18-23(24(15-33)31-27(18)26(19(2)34)28(31)35)16-36-25-9-5-7-21-20(6-4-8-22(21)25)14-32(3)12-10-30(17-29)11-13-32/h4-9,15,17-19,26-27,29,34H,10-14,16H2,1-3H3/q+1/t18-,19+,26+,27?/m0/s1. The molecule has 4 atom stereocenters. The Morgan fingerprint density at radius 2 is 1.89 bits per heavy atom. The Morgan fingerprint density at radius 1 is 1.19 bits per heavy atom. The van der Waals surface area contributed by atoms with Crippen molar-refractivity contribution in [1.29, 1.82) is 5.41 Å². The maximum atomic E-state index is 12.6. The topological polar surface area (TPSA) is 93.9 Å². The van der Waals surface area contributed by atoms with Crippen LogP contribution >= 0.6 is 0 Å². The van der Waals surface area contributed by atoms with Gasteiger partial charge in [0.1, 0.15) is 18.9 Å². The Kier molecular flexibility index (Phi) is 6.34. The highest BCUT2D eigenvalue weighted by Gasteiger charge is 2.58. The third kappa shape index (κ3) is 3.98. The summed E-state index contributed by atoms with van der Waals surface area (Å²) in [4.78, 5) is 28.1. The van der Waals surface area contributed by atoms with Gasteiger partial charge in [-0.15, -0.1) is 0 Å². The summed E-state index contributed by atoms with van der Waals surface area (Å²) in [5, 5.41) is 19.8. The van der Waals surface area contributed by atoms with Crippen molar-refractivity contribution >= 4 is 29.3 Å². The number of aliphatic hydroxyl groups is 1. The van der Waals surface area contributed by atoms with E-state index >= 15 is 0 Å². The fourth-order valence-electron chi connectivity index (χ4n) is 6.20. The van der Waals surface area contributed by atoms with E-state index in [9.17, 15) is 14.7 Å². The molecule has 2 saturated heterocycles. The fourth-order valence-corrected chi connectivity index (χ4v) is 6.20. The number of nitrogens with zero attached hydrogens (tertiary/aromatic N) is 3. The SMILES string of the molecule is C[C@H]1C(COc2cccc3c(C[N+]4(C)CCN(C=N)CC4)cccc23)=C(C=O)N2C(=O)[C@H]([C@@H](C)O)C12. The monoisotopic (exact) mass is 491 g/mol. The lowest BCUT2D eigenvalue weighted by Gasteiger charge is -2.46. The second kappa shape index (κ2) is 9.33. The number of hydrogen-bond donors (Lipinski definition) is 2. The van der Waals surface area contributed by atoms with Crippen molar-refractivity contribution in [3.05, 3.63) is 53.2 Å². The number of amides is 1. The summed E-state index contributed by atoms with van der Waals surface area (Å²) in [5.41, 5.74) is 2.46. The average Bonchev–Trinajstić information content (AvgIpc) is 3.10. The van der Waals surface area contributed by atoms with Crippen LogP contribution in [0.2, 0.25) is 0 Å². The van der Waals surface area contributed by atoms with Gasteiger partial charge in [-0.1, -0.05) is 37.3 Å². The molecule has 2 aromatic carbocycles. The molecule has 3 aliphatic rings. The molecule has 36 heavy (non-hydrogen) atoms. The van der Waals surface area contributed by atoms with Crippen LogP contribution < -0.4 is 4.74 Å². The average molecular weight is 492 g/mol. The van der Waals surface area contributed by atoms with Crippen LogP contribution in [-0.2, 0) is 16.1 Å². The molecule has 0 bridgehead atoms. The molecule has 1 amide bonds. The Labute approximate surface area is 211 Å². The number of hydrogen-bond acceptors (Lipinski definition) is 5. The zero-order valence-electron chi connectivity index (χ0n) is 21.2. The number of benzene rings is 2. The molecule has 0 radical (unpaired) electrons. The van der Waals surface area contributed by atoms with E-state index in [-0.39, 0.29) is 24.5 Å². The number of rotatable bonds is 8. The van der Waals surface area contributed by atoms with Crippen molar-refractivity contribution in [2.24, 2.45) is 11.8 Å². The second-order valence-electron chi connectivity index (χ2n) is 10.7. The molecule has 0 aliphatic carbocycles. The predicted molar refractivity (Wildman–Crippen MR) is 137 cm³/mol. The van der Waals surface area contributed by atoms with Gasteiger partial charge in [0.05, 0.1) is 63.3 Å². The van der Waals surface area contributed by atoms with Crippen molar-refractivity contribution in [3.8, 4) is 5.75 Å². The first kappa shape index (κ1) is 24.5. The Bertz CT molecular complexity index is 1230. The number of quaternary nitrogens is 1. The van der Waals surface area contributed by atoms with Crippen molar-refractivity contribution in [3.63, 3.8) is 0 Å². The molecule has 8 heteroatoms. The first-order valence-corrected chi connectivity index (χ1v) is 12.7. The first-order valence-electron chi connectivity index (χ1n) is 12.7. The van der Waals surface area contributed by atoms with Gasteiger partial charge in [0.2, 0.25) is 5.91 Å². The van der Waals surface area contributed by atoms with Gasteiger partial charge in [-0.2, -0.15) is 0 Å². The summed E-state index contributed by atoms with van der Waals surface area (Å²) in [5.74, 6) is 0.0325. The fraction of sp³-hybridized carbons (Fsp3) is 0.464. The normalized spacial score (nSPS) is 26.0. The minimum Gasteiger partial charge on any atom is -0.489 e. The van der Waals surface area contributed by atoms with E-state index in [2.05, 4.69) is 36.2 Å². The molecule has 0 aromatic heterocycles. The number of ether oxygens (including phenoxy) is 1. The van der Waals surface area contributed by atoms with Crippen molar-refractivity contribution in [2.75, 3.05) is 39.8 Å². The number of carbonyl (C=O) groups excluding carboxylic acids is 2. The molecule has 3 heterocycles. The van der Waals surface area contributed by atoms with Crippen LogP contribution in [0.4, 0.5) is 0 Å². The lowest BCUT2D eigenvalue weighted by atomic mass is 9.78. The van der Waals surface area contributed by atoms with E-state index in [1.807, 2.05) is 19.1 Å². The molecule has 3 aliphatic heterocycles. The van der Waals surface area contributed by atoms with Gasteiger partial charge in [0.25, 0.3) is 0 Å². The summed E-state index contributed by atoms with van der Waals surface area (Å²) in [6.07, 6.45) is 1.43. The molecule has 2 N–H and O–H groups in total. The Hall–Kier alpha value is -3.23. The van der Waals surface area contributed by atoms with Crippen LogP contribution in [0.5, 0.6) is 5.75 Å². The van der Waals surface area contributed by atoms with E-state index in [1.165, 1.54) is 16.8 Å². The van der Waals surface area contributed by atoms with E-state index in [4.69, 9.17) is 10.1 Å². The summed E-state index contributed by atoms with van der Waals surface area (Å²) in [6, 6.07) is 12.2. The number of allylic oxidation sites excluding steroid dienone is 1. The number of β-lactam (4-membered cyclic amide) rings is 1. The highest BCUT2D eigenvalue weighted by molar-refractivity contribution is 5.96. The smallest absolute Gasteiger partial charge is 0.235 e. The van der Waals surface area contributed by atoms with Gasteiger partial charge >= 0.3 is 0 Å². The minimum absolute atomic E-state index is 0.0582. The highest BCUT2D eigenvalue weighted by atomic mass is 16.5. The number of nitrogens with one attached hydrogen (secondary N) is 1. The lowest BCUT2D eigenvalue weighted by molar-refractivity contribution is -0.925. The number of likely N-dealkylation sites (N-methyl/N-ethyl adjacent to an activating group) is 1. The molecule has 190 valence electrons. The lowest BCUT2D eigenvalue weighted by Crippen LogP contribution is -2.63. The Balaban J connectivity index is 1.37. The van der Waals surface area contributed by atoms with Crippen LogP contribution in [0.3, 0.4) is 0 Å². The van der Waals surface area contributed by atoms with E-state index in [0.717, 1.165) is 65.6 Å². The Morgan fingerprint density at radius 3 is 2.56 bits per heavy atom. The van der Waals surface area contributed by atoms with Gasteiger partial charge in [-0.05, 0) is 23.9 Å². The van der Waals surface area contributed by atoms with Gasteiger partial charge in [0.15, 0.2) is 6.29 Å². The second-order valence-corrected chi connectivity index (χ2v) is 10.7. The quantitative estimate of drug-likeness (QED) is 0.194. The summed E-state index contributed by atoms with van der Waals surface area (Å²) in [6.45, 7) is 8.52. The molecule has 5 rings (SSSR count). The minimum atomic E-state index is -0.747. The molecule has 0 spiro atoms. The number of fused-ring (bicyclic) bond motifs is 2. The van der Waals surface area contributed by atoms with Crippen LogP contribution in [0.1, 0.15) is 19.4 Å². The predicted octanol–water partition coefficient (Wildman–Crippen LogP) is 2.40. The maximum absolute atomic E-state index is 12.6. The summed E-state index contributed by atoms with van der Waals surface area (Å²) in [7, 11) is 2.28. The number of piperazine rings is 1. The molecular formula is C28H35N4O4+. The maximum Gasteiger partial charge on any atom is 0.235 e. The first-order chi connectivity index (χ1) is 17.3. The van der Waals surface area contributed by atoms with Crippen molar-refractivity contribution in [1.82, 2.24) is 9.80 Å². The molecule has 2 aromatic rings. The van der Waals surface area contributed by atoms with E-state index < -0.39 is 12.0 Å². The van der Waals surface area contributed by atoms with Crippen LogP contribution in [0.25, 0.3) is 10.8 Å². The third-order valence-electron chi connectivity index (χ3n) is 8.41.